The van der Waals surface area contributed by atoms with Crippen molar-refractivity contribution in [2.24, 2.45) is 0 Å². The predicted molar refractivity (Wildman–Crippen MR) is 105 cm³/mol. The summed E-state index contributed by atoms with van der Waals surface area (Å²) >= 11 is 0. The van der Waals surface area contributed by atoms with Gasteiger partial charge in [0, 0.05) is 5.56 Å². The molecule has 4 rings (SSSR count). The highest BCUT2D eigenvalue weighted by Gasteiger charge is 2.30. The van der Waals surface area contributed by atoms with Gasteiger partial charge < -0.3 is 18.7 Å². The van der Waals surface area contributed by atoms with Gasteiger partial charge in [-0.2, -0.15) is 0 Å². The van der Waals surface area contributed by atoms with Crippen LogP contribution in [0.4, 0.5) is 0 Å². The Balaban J connectivity index is 1.99. The first-order valence-electron chi connectivity index (χ1n) is 8.83. The zero-order valence-electron chi connectivity index (χ0n) is 15.4. The number of rotatable bonds is 4. The highest BCUT2D eigenvalue weighted by atomic mass is 16.5. The van der Waals surface area contributed by atoms with E-state index >= 15 is 0 Å². The molecule has 0 aliphatic rings. The molecule has 0 fully saturated rings. The van der Waals surface area contributed by atoms with E-state index in [-0.39, 0.29) is 28.7 Å². The van der Waals surface area contributed by atoms with E-state index in [1.165, 1.54) is 19.4 Å². The molecule has 0 radical (unpaired) electrons. The van der Waals surface area contributed by atoms with Gasteiger partial charge in [0.05, 0.1) is 36.5 Å². The van der Waals surface area contributed by atoms with E-state index in [4.69, 9.17) is 13.6 Å². The summed E-state index contributed by atoms with van der Waals surface area (Å²) in [6, 6.07) is 13.0. The second-order valence-corrected chi connectivity index (χ2v) is 6.49. The van der Waals surface area contributed by atoms with Crippen LogP contribution in [0.2, 0.25) is 0 Å². The summed E-state index contributed by atoms with van der Waals surface area (Å²) in [4.78, 5) is 37.7. The van der Waals surface area contributed by atoms with Gasteiger partial charge in [0.25, 0.3) is 0 Å². The molecular formula is C22H16O7. The number of aromatic hydroxyl groups is 1. The average Bonchev–Trinajstić information content (AvgIpc) is 2.75. The van der Waals surface area contributed by atoms with Crippen molar-refractivity contribution in [3.63, 3.8) is 0 Å². The SMILES string of the molecule is COC(=O)C[C@@H](c1oc2ccccc2c(=O)c1O)c1coc2ccccc2c1=O. The number of ether oxygens (including phenoxy) is 1. The molecule has 4 aromatic rings. The third-order valence-electron chi connectivity index (χ3n) is 4.80. The summed E-state index contributed by atoms with van der Waals surface area (Å²) in [6.07, 6.45) is 0.890. The van der Waals surface area contributed by atoms with Crippen molar-refractivity contribution in [3.05, 3.63) is 86.6 Å². The van der Waals surface area contributed by atoms with Crippen molar-refractivity contribution in [2.75, 3.05) is 7.11 Å². The Hall–Kier alpha value is -3.87. The molecule has 0 unspecified atom stereocenters. The minimum absolute atomic E-state index is 0.0721. The molecule has 2 aromatic carbocycles. The summed E-state index contributed by atoms with van der Waals surface area (Å²) in [6.45, 7) is 0. The molecule has 0 bridgehead atoms. The van der Waals surface area contributed by atoms with Crippen LogP contribution < -0.4 is 10.9 Å². The largest absolute Gasteiger partial charge is 0.502 e. The van der Waals surface area contributed by atoms with Crippen LogP contribution in [0.1, 0.15) is 23.7 Å². The normalized spacial score (nSPS) is 12.2. The highest BCUT2D eigenvalue weighted by Crippen LogP contribution is 2.34. The lowest BCUT2D eigenvalue weighted by Gasteiger charge is -2.16. The summed E-state index contributed by atoms with van der Waals surface area (Å²) in [5.74, 6) is -2.56. The van der Waals surface area contributed by atoms with Gasteiger partial charge in [-0.15, -0.1) is 0 Å². The lowest BCUT2D eigenvalue weighted by molar-refractivity contribution is -0.140. The Morgan fingerprint density at radius 2 is 1.62 bits per heavy atom. The lowest BCUT2D eigenvalue weighted by atomic mass is 9.92. The molecule has 0 saturated carbocycles. The maximum atomic E-state index is 13.1. The van der Waals surface area contributed by atoms with Crippen molar-refractivity contribution in [3.8, 4) is 5.75 Å². The molecule has 2 aromatic heterocycles. The summed E-state index contributed by atoms with van der Waals surface area (Å²) in [5.41, 5.74) is -0.367. The average molecular weight is 392 g/mol. The Morgan fingerprint density at radius 1 is 1.00 bits per heavy atom. The number of benzene rings is 2. The standard InChI is InChI=1S/C22H16O7/c1-27-18(23)10-14(15-11-28-16-8-4-2-6-12(16)19(15)24)22-21(26)20(25)13-7-3-5-9-17(13)29-22/h2-9,11,14,26H,10H2,1H3/t14-/m1/s1. The van der Waals surface area contributed by atoms with E-state index in [1.807, 2.05) is 0 Å². The first kappa shape index (κ1) is 18.5. The van der Waals surface area contributed by atoms with Gasteiger partial charge in [0.1, 0.15) is 11.2 Å². The van der Waals surface area contributed by atoms with Gasteiger partial charge in [0.15, 0.2) is 11.2 Å². The molecule has 146 valence electrons. The molecule has 1 atom stereocenters. The Kier molecular flexibility index (Phi) is 4.64. The number of carbonyl (C=O) groups is 1. The molecule has 0 aliphatic heterocycles. The van der Waals surface area contributed by atoms with Crippen LogP contribution in [0.25, 0.3) is 21.9 Å². The minimum Gasteiger partial charge on any atom is -0.502 e. The molecule has 29 heavy (non-hydrogen) atoms. The van der Waals surface area contributed by atoms with Gasteiger partial charge in [0.2, 0.25) is 11.2 Å². The van der Waals surface area contributed by atoms with Crippen LogP contribution in [0.15, 0.2) is 73.2 Å². The van der Waals surface area contributed by atoms with E-state index in [0.29, 0.717) is 11.0 Å². The number of methoxy groups -OCH3 is 1. The molecule has 7 heteroatoms. The Morgan fingerprint density at radius 3 is 2.31 bits per heavy atom. The number of hydrogen-bond donors (Lipinski definition) is 1. The monoisotopic (exact) mass is 392 g/mol. The third-order valence-corrected chi connectivity index (χ3v) is 4.80. The second-order valence-electron chi connectivity index (χ2n) is 6.49. The predicted octanol–water partition coefficient (Wildman–Crippen LogP) is 3.30. The molecule has 7 nitrogen and oxygen atoms in total. The van der Waals surface area contributed by atoms with Crippen molar-refractivity contribution in [1.82, 2.24) is 0 Å². The fraction of sp³-hybridized carbons (Fsp3) is 0.136. The van der Waals surface area contributed by atoms with Crippen molar-refractivity contribution in [1.29, 1.82) is 0 Å². The lowest BCUT2D eigenvalue weighted by Crippen LogP contribution is -2.19. The number of esters is 1. The van der Waals surface area contributed by atoms with E-state index in [2.05, 4.69) is 0 Å². The van der Waals surface area contributed by atoms with Crippen LogP contribution in [0.3, 0.4) is 0 Å². The summed E-state index contributed by atoms with van der Waals surface area (Å²) in [7, 11) is 1.21. The van der Waals surface area contributed by atoms with Crippen LogP contribution in [-0.4, -0.2) is 18.2 Å². The van der Waals surface area contributed by atoms with E-state index in [0.717, 1.165) is 0 Å². The summed E-state index contributed by atoms with van der Waals surface area (Å²) in [5, 5.41) is 11.0. The van der Waals surface area contributed by atoms with E-state index in [9.17, 15) is 19.5 Å². The van der Waals surface area contributed by atoms with Crippen LogP contribution in [0.5, 0.6) is 5.75 Å². The van der Waals surface area contributed by atoms with E-state index in [1.54, 1.807) is 42.5 Å². The number of fused-ring (bicyclic) bond motifs is 2. The topological polar surface area (TPSA) is 107 Å². The molecule has 0 aliphatic carbocycles. The first-order chi connectivity index (χ1) is 14.0. The van der Waals surface area contributed by atoms with Crippen molar-refractivity contribution < 1.29 is 23.5 Å². The van der Waals surface area contributed by atoms with Gasteiger partial charge in [-0.05, 0) is 24.3 Å². The van der Waals surface area contributed by atoms with Crippen molar-refractivity contribution >= 4 is 27.9 Å². The molecule has 1 N–H and O–H groups in total. The third kappa shape index (κ3) is 3.16. The van der Waals surface area contributed by atoms with Crippen LogP contribution in [0, 0.1) is 0 Å². The molecule has 0 saturated heterocycles. The number of carbonyl (C=O) groups excluding carboxylic acids is 1. The van der Waals surface area contributed by atoms with Crippen LogP contribution >= 0.6 is 0 Å². The highest BCUT2D eigenvalue weighted by molar-refractivity contribution is 5.80. The fourth-order valence-electron chi connectivity index (χ4n) is 3.31. The first-order valence-corrected chi connectivity index (χ1v) is 8.83. The molecule has 0 spiro atoms. The zero-order valence-corrected chi connectivity index (χ0v) is 15.4. The van der Waals surface area contributed by atoms with E-state index < -0.39 is 28.5 Å². The van der Waals surface area contributed by atoms with Gasteiger partial charge in [-0.3, -0.25) is 14.4 Å². The number of hydrogen-bond acceptors (Lipinski definition) is 7. The smallest absolute Gasteiger partial charge is 0.306 e. The quantitative estimate of drug-likeness (QED) is 0.531. The maximum Gasteiger partial charge on any atom is 0.306 e. The summed E-state index contributed by atoms with van der Waals surface area (Å²) < 4.78 is 16.0. The molecule has 2 heterocycles. The second kappa shape index (κ2) is 7.27. The fourth-order valence-corrected chi connectivity index (χ4v) is 3.31. The number of para-hydroxylation sites is 2. The Labute approximate surface area is 163 Å². The van der Waals surface area contributed by atoms with Crippen LogP contribution in [-0.2, 0) is 9.53 Å². The zero-order chi connectivity index (χ0) is 20.5. The maximum absolute atomic E-state index is 13.1. The van der Waals surface area contributed by atoms with Gasteiger partial charge in [-0.1, -0.05) is 24.3 Å². The van der Waals surface area contributed by atoms with Gasteiger partial charge >= 0.3 is 5.97 Å². The van der Waals surface area contributed by atoms with Crippen molar-refractivity contribution in [2.45, 2.75) is 12.3 Å². The minimum atomic E-state index is -1.07. The molecule has 0 amide bonds. The molecular weight excluding hydrogens is 376 g/mol. The Bertz CT molecular complexity index is 1350. The van der Waals surface area contributed by atoms with Gasteiger partial charge in [-0.25, -0.2) is 0 Å².